The first kappa shape index (κ1) is 13.6. The molecule has 2 rings (SSSR count). The molecule has 0 saturated carbocycles. The molecule has 0 unspecified atom stereocenters. The third-order valence-corrected chi connectivity index (χ3v) is 3.69. The van der Waals surface area contributed by atoms with Crippen LogP contribution < -0.4 is 5.32 Å². The topological polar surface area (TPSA) is 86.7 Å². The standard InChI is InChI=1S/C13H18N2O4/c16-11-5-7-15(8-6-14-11)12(17)9-3-1-2-4-10(9)13(18)19/h1-2,9-10H,3-8H2,(H,14,16)(H,18,19)/t9-,10+/m1/s1. The van der Waals surface area contributed by atoms with Crippen molar-refractivity contribution >= 4 is 17.8 Å². The van der Waals surface area contributed by atoms with E-state index in [0.29, 0.717) is 32.5 Å². The van der Waals surface area contributed by atoms with Gasteiger partial charge in [-0.05, 0) is 12.8 Å². The summed E-state index contributed by atoms with van der Waals surface area (Å²) in [6.45, 7) is 1.26. The fourth-order valence-corrected chi connectivity index (χ4v) is 2.58. The van der Waals surface area contributed by atoms with Crippen LogP contribution in [0.5, 0.6) is 0 Å². The first-order valence-electron chi connectivity index (χ1n) is 6.53. The van der Waals surface area contributed by atoms with Gasteiger partial charge in [0.25, 0.3) is 0 Å². The number of carbonyl (C=O) groups is 3. The minimum atomic E-state index is -0.924. The first-order valence-corrected chi connectivity index (χ1v) is 6.53. The van der Waals surface area contributed by atoms with Gasteiger partial charge >= 0.3 is 5.97 Å². The molecule has 2 amide bonds. The van der Waals surface area contributed by atoms with Crippen LogP contribution >= 0.6 is 0 Å². The molecule has 1 saturated heterocycles. The normalized spacial score (nSPS) is 27.6. The van der Waals surface area contributed by atoms with Crippen LogP contribution in [0.1, 0.15) is 19.3 Å². The SMILES string of the molecule is O=C1CCN(C(=O)[C@@H]2CC=CC[C@@H]2C(=O)O)CCN1. The van der Waals surface area contributed by atoms with Gasteiger partial charge in [-0.2, -0.15) is 0 Å². The molecule has 0 radical (unpaired) electrons. The third-order valence-electron chi connectivity index (χ3n) is 3.69. The van der Waals surface area contributed by atoms with Crippen molar-refractivity contribution in [3.05, 3.63) is 12.2 Å². The highest BCUT2D eigenvalue weighted by Crippen LogP contribution is 2.27. The summed E-state index contributed by atoms with van der Waals surface area (Å²) in [4.78, 5) is 36.5. The van der Waals surface area contributed by atoms with Gasteiger partial charge in [-0.15, -0.1) is 0 Å². The van der Waals surface area contributed by atoms with Gasteiger partial charge in [0, 0.05) is 26.1 Å². The molecule has 1 aliphatic heterocycles. The van der Waals surface area contributed by atoms with Crippen molar-refractivity contribution in [2.45, 2.75) is 19.3 Å². The van der Waals surface area contributed by atoms with Crippen LogP contribution in [0.3, 0.4) is 0 Å². The predicted molar refractivity (Wildman–Crippen MR) is 67.2 cm³/mol. The molecule has 0 bridgehead atoms. The van der Waals surface area contributed by atoms with Gasteiger partial charge in [0.05, 0.1) is 11.8 Å². The molecular formula is C13H18N2O4. The molecular weight excluding hydrogens is 248 g/mol. The molecule has 1 aliphatic carbocycles. The molecule has 6 nitrogen and oxygen atoms in total. The number of carboxylic acid groups (broad SMARTS) is 1. The number of carbonyl (C=O) groups excluding carboxylic acids is 2. The van der Waals surface area contributed by atoms with E-state index in [1.165, 1.54) is 0 Å². The van der Waals surface area contributed by atoms with E-state index in [1.54, 1.807) is 4.90 Å². The van der Waals surface area contributed by atoms with Gasteiger partial charge < -0.3 is 15.3 Å². The highest BCUT2D eigenvalue weighted by molar-refractivity contribution is 5.86. The van der Waals surface area contributed by atoms with E-state index >= 15 is 0 Å². The number of allylic oxidation sites excluding steroid dienone is 2. The maximum absolute atomic E-state index is 12.4. The van der Waals surface area contributed by atoms with Crippen molar-refractivity contribution in [1.82, 2.24) is 10.2 Å². The molecule has 2 aliphatic rings. The molecule has 1 heterocycles. The minimum absolute atomic E-state index is 0.0615. The molecule has 2 atom stereocenters. The van der Waals surface area contributed by atoms with E-state index in [1.807, 2.05) is 12.2 Å². The molecule has 0 aromatic carbocycles. The molecule has 1 fully saturated rings. The second kappa shape index (κ2) is 5.86. The van der Waals surface area contributed by atoms with Crippen LogP contribution in [0.15, 0.2) is 12.2 Å². The van der Waals surface area contributed by atoms with Crippen LogP contribution in [0.2, 0.25) is 0 Å². The Hall–Kier alpha value is -1.85. The highest BCUT2D eigenvalue weighted by atomic mass is 16.4. The van der Waals surface area contributed by atoms with Crippen LogP contribution in [-0.4, -0.2) is 47.4 Å². The lowest BCUT2D eigenvalue weighted by atomic mass is 9.82. The number of aliphatic carboxylic acids is 1. The fraction of sp³-hybridized carbons (Fsp3) is 0.615. The average molecular weight is 266 g/mol. The molecule has 104 valence electrons. The number of hydrogen-bond acceptors (Lipinski definition) is 3. The van der Waals surface area contributed by atoms with Crippen LogP contribution in [0.4, 0.5) is 0 Å². The number of nitrogens with zero attached hydrogens (tertiary/aromatic N) is 1. The second-order valence-electron chi connectivity index (χ2n) is 4.92. The molecule has 0 spiro atoms. The number of hydrogen-bond donors (Lipinski definition) is 2. The maximum Gasteiger partial charge on any atom is 0.307 e. The van der Waals surface area contributed by atoms with E-state index in [4.69, 9.17) is 0 Å². The van der Waals surface area contributed by atoms with E-state index in [2.05, 4.69) is 5.32 Å². The smallest absolute Gasteiger partial charge is 0.307 e. The highest BCUT2D eigenvalue weighted by Gasteiger charge is 2.36. The lowest BCUT2D eigenvalue weighted by molar-refractivity contribution is -0.150. The van der Waals surface area contributed by atoms with Crippen molar-refractivity contribution in [2.75, 3.05) is 19.6 Å². The molecule has 2 N–H and O–H groups in total. The van der Waals surface area contributed by atoms with Gasteiger partial charge in [0.1, 0.15) is 0 Å². The Morgan fingerprint density at radius 2 is 1.89 bits per heavy atom. The molecule has 19 heavy (non-hydrogen) atoms. The fourth-order valence-electron chi connectivity index (χ4n) is 2.58. The van der Waals surface area contributed by atoms with Gasteiger partial charge in [-0.25, -0.2) is 0 Å². The molecule has 0 aromatic rings. The quantitative estimate of drug-likeness (QED) is 0.689. The summed E-state index contributed by atoms with van der Waals surface area (Å²) in [5.74, 6) is -2.28. The Kier molecular flexibility index (Phi) is 4.19. The summed E-state index contributed by atoms with van der Waals surface area (Å²) in [5.41, 5.74) is 0. The Labute approximate surface area is 111 Å². The predicted octanol–water partition coefficient (Wildman–Crippen LogP) is 0.00190. The third kappa shape index (κ3) is 3.13. The van der Waals surface area contributed by atoms with Gasteiger partial charge in [-0.1, -0.05) is 12.2 Å². The maximum atomic E-state index is 12.4. The summed E-state index contributed by atoms with van der Waals surface area (Å²) in [6.07, 6.45) is 4.83. The van der Waals surface area contributed by atoms with Crippen LogP contribution in [0, 0.1) is 11.8 Å². The van der Waals surface area contributed by atoms with Crippen LogP contribution in [-0.2, 0) is 14.4 Å². The van der Waals surface area contributed by atoms with Crippen molar-refractivity contribution in [1.29, 1.82) is 0 Å². The Balaban J connectivity index is 2.06. The van der Waals surface area contributed by atoms with Gasteiger partial charge in [-0.3, -0.25) is 14.4 Å². The van der Waals surface area contributed by atoms with Gasteiger partial charge in [0.15, 0.2) is 0 Å². The van der Waals surface area contributed by atoms with Crippen molar-refractivity contribution < 1.29 is 19.5 Å². The number of rotatable bonds is 2. The summed E-state index contributed by atoms with van der Waals surface area (Å²) < 4.78 is 0. The van der Waals surface area contributed by atoms with Crippen molar-refractivity contribution in [3.63, 3.8) is 0 Å². The Morgan fingerprint density at radius 1 is 1.21 bits per heavy atom. The van der Waals surface area contributed by atoms with Crippen molar-refractivity contribution in [3.8, 4) is 0 Å². The minimum Gasteiger partial charge on any atom is -0.481 e. The summed E-state index contributed by atoms with van der Waals surface area (Å²) in [7, 11) is 0. The zero-order valence-corrected chi connectivity index (χ0v) is 10.7. The zero-order chi connectivity index (χ0) is 13.8. The van der Waals surface area contributed by atoms with E-state index in [0.717, 1.165) is 0 Å². The number of amides is 2. The first-order chi connectivity index (χ1) is 9.09. The monoisotopic (exact) mass is 266 g/mol. The number of nitrogens with one attached hydrogen (secondary N) is 1. The Morgan fingerprint density at radius 3 is 2.58 bits per heavy atom. The summed E-state index contributed by atoms with van der Waals surface area (Å²) in [6, 6.07) is 0. The van der Waals surface area contributed by atoms with Crippen LogP contribution in [0.25, 0.3) is 0 Å². The summed E-state index contributed by atoms with van der Waals surface area (Å²) >= 11 is 0. The van der Waals surface area contributed by atoms with Gasteiger partial charge in [0.2, 0.25) is 11.8 Å². The number of carboxylic acids is 1. The van der Waals surface area contributed by atoms with E-state index in [9.17, 15) is 19.5 Å². The summed E-state index contributed by atoms with van der Waals surface area (Å²) in [5, 5.41) is 11.9. The van der Waals surface area contributed by atoms with E-state index < -0.39 is 17.8 Å². The van der Waals surface area contributed by atoms with Crippen molar-refractivity contribution in [2.24, 2.45) is 11.8 Å². The lowest BCUT2D eigenvalue weighted by Crippen LogP contribution is -2.43. The Bertz CT molecular complexity index is 419. The molecule has 6 heteroatoms. The lowest BCUT2D eigenvalue weighted by Gasteiger charge is -2.30. The second-order valence-corrected chi connectivity index (χ2v) is 4.92. The molecule has 0 aromatic heterocycles. The largest absolute Gasteiger partial charge is 0.481 e. The average Bonchev–Trinajstić information content (AvgIpc) is 2.62. The van der Waals surface area contributed by atoms with E-state index in [-0.39, 0.29) is 18.2 Å². The zero-order valence-electron chi connectivity index (χ0n) is 10.7.